The van der Waals surface area contributed by atoms with Crippen LogP contribution in [0, 0.1) is 6.92 Å². The van der Waals surface area contributed by atoms with Crippen molar-refractivity contribution >= 4 is 18.1 Å². The molecule has 0 spiro atoms. The van der Waals surface area contributed by atoms with Gasteiger partial charge in [0.1, 0.15) is 18.0 Å². The first-order chi connectivity index (χ1) is 12.7. The van der Waals surface area contributed by atoms with Gasteiger partial charge in [-0.1, -0.05) is 18.2 Å². The number of rotatable bonds is 5. The molecule has 3 heterocycles. The topological polar surface area (TPSA) is 41.8 Å². The minimum absolute atomic E-state index is 0. The van der Waals surface area contributed by atoms with Crippen molar-refractivity contribution in [2.75, 3.05) is 19.6 Å². The molecular weight excluding hydrogens is 360 g/mol. The predicted molar refractivity (Wildman–Crippen MR) is 111 cm³/mol. The van der Waals surface area contributed by atoms with E-state index in [-0.39, 0.29) is 12.4 Å². The number of benzene rings is 1. The lowest BCUT2D eigenvalue weighted by atomic mass is 10.1. The minimum atomic E-state index is 0. The number of nitrogens with zero attached hydrogens (tertiary/aromatic N) is 3. The highest BCUT2D eigenvalue weighted by atomic mass is 35.5. The standard InChI is InChI=1S/C21H26N4O.ClH/c1-16-4-3-10-25-14-19(23-21(16)25)15-26-20-7-5-18(6-8-20)13-24-11-9-22-17(2)12-24;/h3-8,10,14,17,22H,9,11-13,15H2,1-2H3;1H/t17-;/m0./s1. The van der Waals surface area contributed by atoms with Crippen LogP contribution >= 0.6 is 12.4 Å². The maximum absolute atomic E-state index is 5.92. The van der Waals surface area contributed by atoms with Crippen molar-refractivity contribution in [2.24, 2.45) is 0 Å². The molecule has 3 aromatic rings. The molecule has 0 saturated carbocycles. The Labute approximate surface area is 166 Å². The Morgan fingerprint density at radius 2 is 2.04 bits per heavy atom. The molecule has 1 saturated heterocycles. The van der Waals surface area contributed by atoms with E-state index in [1.165, 1.54) is 11.1 Å². The van der Waals surface area contributed by atoms with Crippen molar-refractivity contribution in [1.82, 2.24) is 19.6 Å². The average Bonchev–Trinajstić information content (AvgIpc) is 3.06. The lowest BCUT2D eigenvalue weighted by Crippen LogP contribution is -2.48. The van der Waals surface area contributed by atoms with Gasteiger partial charge in [-0.15, -0.1) is 12.4 Å². The van der Waals surface area contributed by atoms with Gasteiger partial charge in [0, 0.05) is 44.6 Å². The van der Waals surface area contributed by atoms with E-state index < -0.39 is 0 Å². The number of ether oxygens (including phenoxy) is 1. The van der Waals surface area contributed by atoms with Crippen molar-refractivity contribution in [3.05, 3.63) is 65.6 Å². The Kier molecular flexibility index (Phi) is 6.37. The first-order valence-corrected chi connectivity index (χ1v) is 9.28. The van der Waals surface area contributed by atoms with Crippen molar-refractivity contribution in [3.63, 3.8) is 0 Å². The third kappa shape index (κ3) is 4.80. The normalized spacial score (nSPS) is 17.6. The maximum Gasteiger partial charge on any atom is 0.140 e. The molecule has 27 heavy (non-hydrogen) atoms. The van der Waals surface area contributed by atoms with Gasteiger partial charge in [0.25, 0.3) is 0 Å². The van der Waals surface area contributed by atoms with Crippen molar-refractivity contribution in [2.45, 2.75) is 33.0 Å². The van der Waals surface area contributed by atoms with Gasteiger partial charge in [0.05, 0.1) is 5.69 Å². The second-order valence-electron chi connectivity index (χ2n) is 7.18. The lowest BCUT2D eigenvalue weighted by molar-refractivity contribution is 0.199. The van der Waals surface area contributed by atoms with Crippen LogP contribution in [-0.4, -0.2) is 40.0 Å². The van der Waals surface area contributed by atoms with E-state index in [2.05, 4.69) is 59.4 Å². The van der Waals surface area contributed by atoms with Crippen LogP contribution in [0.1, 0.15) is 23.7 Å². The quantitative estimate of drug-likeness (QED) is 0.729. The van der Waals surface area contributed by atoms with Crippen LogP contribution in [0.2, 0.25) is 0 Å². The van der Waals surface area contributed by atoms with Crippen LogP contribution < -0.4 is 10.1 Å². The molecule has 1 aliphatic heterocycles. The van der Waals surface area contributed by atoms with Crippen LogP contribution in [0.3, 0.4) is 0 Å². The van der Waals surface area contributed by atoms with E-state index in [4.69, 9.17) is 4.74 Å². The van der Waals surface area contributed by atoms with Crippen LogP contribution in [0.15, 0.2) is 48.8 Å². The highest BCUT2D eigenvalue weighted by molar-refractivity contribution is 5.85. The van der Waals surface area contributed by atoms with Gasteiger partial charge in [-0.05, 0) is 43.2 Å². The Morgan fingerprint density at radius 1 is 1.22 bits per heavy atom. The molecule has 1 aliphatic rings. The molecule has 6 heteroatoms. The number of hydrogen-bond donors (Lipinski definition) is 1. The summed E-state index contributed by atoms with van der Waals surface area (Å²) in [4.78, 5) is 7.15. The zero-order chi connectivity index (χ0) is 17.9. The Balaban J connectivity index is 0.00000210. The average molecular weight is 387 g/mol. The number of halogens is 1. The van der Waals surface area contributed by atoms with Gasteiger partial charge in [-0.25, -0.2) is 4.98 Å². The second kappa shape index (κ2) is 8.74. The SMILES string of the molecule is Cc1cccn2cc(COc3ccc(CN4CCN[C@@H](C)C4)cc3)nc12.Cl. The molecule has 1 atom stereocenters. The van der Waals surface area contributed by atoms with E-state index in [0.29, 0.717) is 12.6 Å². The van der Waals surface area contributed by atoms with E-state index in [0.717, 1.165) is 43.3 Å². The molecule has 0 radical (unpaired) electrons. The van der Waals surface area contributed by atoms with Gasteiger partial charge in [0.15, 0.2) is 0 Å². The van der Waals surface area contributed by atoms with Crippen molar-refractivity contribution in [1.29, 1.82) is 0 Å². The summed E-state index contributed by atoms with van der Waals surface area (Å²) in [7, 11) is 0. The van der Waals surface area contributed by atoms with E-state index >= 15 is 0 Å². The number of hydrogen-bond acceptors (Lipinski definition) is 4. The fourth-order valence-corrected chi connectivity index (χ4v) is 3.54. The summed E-state index contributed by atoms with van der Waals surface area (Å²) in [5.74, 6) is 0.885. The summed E-state index contributed by atoms with van der Waals surface area (Å²) in [6, 6.07) is 13.1. The first-order valence-electron chi connectivity index (χ1n) is 9.28. The molecule has 4 rings (SSSR count). The van der Waals surface area contributed by atoms with Crippen LogP contribution in [0.25, 0.3) is 5.65 Å². The summed E-state index contributed by atoms with van der Waals surface area (Å²) in [5, 5.41) is 3.48. The van der Waals surface area contributed by atoms with Gasteiger partial charge < -0.3 is 14.5 Å². The first kappa shape index (κ1) is 19.7. The molecule has 0 aliphatic carbocycles. The molecular formula is C21H27ClN4O. The molecule has 0 unspecified atom stereocenters. The molecule has 1 fully saturated rings. The van der Waals surface area contributed by atoms with Crippen LogP contribution in [-0.2, 0) is 13.2 Å². The number of nitrogens with one attached hydrogen (secondary N) is 1. The molecule has 1 aromatic carbocycles. The van der Waals surface area contributed by atoms with Crippen LogP contribution in [0.5, 0.6) is 5.75 Å². The summed E-state index contributed by atoms with van der Waals surface area (Å²) in [5.41, 5.74) is 4.44. The van der Waals surface area contributed by atoms with Gasteiger partial charge >= 0.3 is 0 Å². The number of piperazine rings is 1. The fourth-order valence-electron chi connectivity index (χ4n) is 3.54. The Bertz CT molecular complexity index is 878. The summed E-state index contributed by atoms with van der Waals surface area (Å²) in [6.07, 6.45) is 4.05. The number of aromatic nitrogens is 2. The van der Waals surface area contributed by atoms with Gasteiger partial charge in [0.2, 0.25) is 0 Å². The monoisotopic (exact) mass is 386 g/mol. The number of pyridine rings is 1. The number of imidazole rings is 1. The molecule has 0 bridgehead atoms. The van der Waals surface area contributed by atoms with E-state index in [1.807, 2.05) is 22.9 Å². The predicted octanol–water partition coefficient (Wildman–Crippen LogP) is 3.44. The van der Waals surface area contributed by atoms with Crippen molar-refractivity contribution in [3.8, 4) is 5.75 Å². The van der Waals surface area contributed by atoms with E-state index in [9.17, 15) is 0 Å². The Morgan fingerprint density at radius 3 is 2.78 bits per heavy atom. The van der Waals surface area contributed by atoms with Gasteiger partial charge in [-0.2, -0.15) is 0 Å². The van der Waals surface area contributed by atoms with E-state index in [1.54, 1.807) is 0 Å². The highest BCUT2D eigenvalue weighted by Crippen LogP contribution is 2.17. The third-order valence-electron chi connectivity index (χ3n) is 4.90. The summed E-state index contributed by atoms with van der Waals surface area (Å²) >= 11 is 0. The molecule has 5 nitrogen and oxygen atoms in total. The largest absolute Gasteiger partial charge is 0.487 e. The third-order valence-corrected chi connectivity index (χ3v) is 4.90. The lowest BCUT2D eigenvalue weighted by Gasteiger charge is -2.31. The summed E-state index contributed by atoms with van der Waals surface area (Å²) < 4.78 is 7.97. The zero-order valence-electron chi connectivity index (χ0n) is 15.9. The maximum atomic E-state index is 5.92. The second-order valence-corrected chi connectivity index (χ2v) is 7.18. The van der Waals surface area contributed by atoms with Gasteiger partial charge in [-0.3, -0.25) is 4.90 Å². The van der Waals surface area contributed by atoms with Crippen LogP contribution in [0.4, 0.5) is 0 Å². The molecule has 144 valence electrons. The van der Waals surface area contributed by atoms with Crippen molar-refractivity contribution < 1.29 is 4.74 Å². The number of fused-ring (bicyclic) bond motifs is 1. The molecule has 0 amide bonds. The molecule has 2 aromatic heterocycles. The summed E-state index contributed by atoms with van der Waals surface area (Å²) in [6.45, 7) is 9.07. The fraction of sp³-hybridized carbons (Fsp3) is 0.381. The number of aryl methyl sites for hydroxylation is 1. The Hall–Kier alpha value is -2.08. The minimum Gasteiger partial charge on any atom is -0.487 e. The highest BCUT2D eigenvalue weighted by Gasteiger charge is 2.15. The zero-order valence-corrected chi connectivity index (χ0v) is 16.7. The molecule has 1 N–H and O–H groups in total. The smallest absolute Gasteiger partial charge is 0.140 e.